The lowest BCUT2D eigenvalue weighted by molar-refractivity contribution is -0.155. The summed E-state index contributed by atoms with van der Waals surface area (Å²) in [6.45, 7) is 9.63. The van der Waals surface area contributed by atoms with E-state index in [-0.39, 0.29) is 11.4 Å². The highest BCUT2D eigenvalue weighted by atomic mass is 79.9. The summed E-state index contributed by atoms with van der Waals surface area (Å²) in [6, 6.07) is 8.10. The van der Waals surface area contributed by atoms with Crippen LogP contribution in [0.15, 0.2) is 34.8 Å². The molecule has 0 unspecified atom stereocenters. The van der Waals surface area contributed by atoms with Crippen molar-refractivity contribution in [3.05, 3.63) is 40.4 Å². The Balaban J connectivity index is 2.79. The van der Waals surface area contributed by atoms with Gasteiger partial charge in [0.1, 0.15) is 5.60 Å². The maximum absolute atomic E-state index is 11.1. The predicted octanol–water partition coefficient (Wildman–Crippen LogP) is 5.22. The fraction of sp³-hybridized carbons (Fsp3) is 0.471. The van der Waals surface area contributed by atoms with E-state index in [2.05, 4.69) is 48.0 Å². The number of benzene rings is 1. The fourth-order valence-corrected chi connectivity index (χ4v) is 2.92. The molecule has 0 fully saturated rings. The molecule has 2 nitrogen and oxygen atoms in total. The summed E-state index contributed by atoms with van der Waals surface area (Å²) in [6.07, 6.45) is 5.03. The first kappa shape index (κ1) is 17.0. The number of hydrogen-bond acceptors (Lipinski definition) is 2. The minimum absolute atomic E-state index is 0.0613. The molecule has 0 atom stereocenters. The van der Waals surface area contributed by atoms with Crippen LogP contribution in [0, 0.1) is 5.41 Å². The third-order valence-corrected chi connectivity index (χ3v) is 3.64. The van der Waals surface area contributed by atoms with Crippen LogP contribution in [0.2, 0.25) is 0 Å². The third kappa shape index (κ3) is 5.91. The predicted molar refractivity (Wildman–Crippen MR) is 87.4 cm³/mol. The summed E-state index contributed by atoms with van der Waals surface area (Å²) in [5, 5.41) is 0. The van der Waals surface area contributed by atoms with E-state index >= 15 is 0 Å². The van der Waals surface area contributed by atoms with E-state index in [0.717, 1.165) is 16.5 Å². The van der Waals surface area contributed by atoms with E-state index in [4.69, 9.17) is 4.74 Å². The first-order valence-corrected chi connectivity index (χ1v) is 7.54. The summed E-state index contributed by atoms with van der Waals surface area (Å²) >= 11 is 3.54. The van der Waals surface area contributed by atoms with Gasteiger partial charge in [-0.1, -0.05) is 60.1 Å². The number of carbonyl (C=O) groups excluding carboxylic acids is 1. The summed E-state index contributed by atoms with van der Waals surface area (Å²) in [5.41, 5.74) is 0.618. The molecule has 0 radical (unpaired) electrons. The smallest absolute Gasteiger partial charge is 0.303 e. The molecule has 0 aliphatic rings. The van der Waals surface area contributed by atoms with E-state index in [9.17, 15) is 4.79 Å². The van der Waals surface area contributed by atoms with E-state index < -0.39 is 5.60 Å². The Hall–Kier alpha value is -1.09. The van der Waals surface area contributed by atoms with Gasteiger partial charge < -0.3 is 4.74 Å². The molecule has 0 aromatic heterocycles. The Labute approximate surface area is 130 Å². The van der Waals surface area contributed by atoms with Crippen LogP contribution in [0.25, 0.3) is 6.08 Å². The third-order valence-electron chi connectivity index (χ3n) is 2.92. The van der Waals surface area contributed by atoms with Crippen molar-refractivity contribution in [2.24, 2.45) is 5.41 Å². The quantitative estimate of drug-likeness (QED) is 0.688. The number of hydrogen-bond donors (Lipinski definition) is 0. The van der Waals surface area contributed by atoms with Crippen LogP contribution in [0.5, 0.6) is 0 Å². The zero-order valence-corrected chi connectivity index (χ0v) is 14.5. The molecule has 1 aromatic rings. The molecular formula is C17H23BrO2. The van der Waals surface area contributed by atoms with Crippen molar-refractivity contribution in [3.8, 4) is 0 Å². The minimum Gasteiger partial charge on any atom is -0.460 e. The van der Waals surface area contributed by atoms with Crippen LogP contribution in [0.3, 0.4) is 0 Å². The van der Waals surface area contributed by atoms with Gasteiger partial charge in [0.05, 0.1) is 0 Å². The standard InChI is InChI=1S/C17H23BrO2/c1-13(19)20-17(4,5)12-16(2,3)11-10-14-8-6-7-9-15(14)18/h6-11H,12H2,1-5H3/b11-10+. The van der Waals surface area contributed by atoms with Gasteiger partial charge in [-0.15, -0.1) is 0 Å². The fourth-order valence-electron chi connectivity index (χ4n) is 2.51. The Morgan fingerprint density at radius 3 is 2.40 bits per heavy atom. The summed E-state index contributed by atoms with van der Waals surface area (Å²) < 4.78 is 6.44. The van der Waals surface area contributed by atoms with Gasteiger partial charge in [-0.05, 0) is 37.3 Å². The zero-order valence-electron chi connectivity index (χ0n) is 12.9. The lowest BCUT2D eigenvalue weighted by Gasteiger charge is -2.32. The van der Waals surface area contributed by atoms with Gasteiger partial charge in [-0.25, -0.2) is 0 Å². The Morgan fingerprint density at radius 2 is 1.85 bits per heavy atom. The van der Waals surface area contributed by atoms with Crippen LogP contribution in [0.4, 0.5) is 0 Å². The van der Waals surface area contributed by atoms with Crippen molar-refractivity contribution < 1.29 is 9.53 Å². The van der Waals surface area contributed by atoms with E-state index in [0.29, 0.717) is 0 Å². The molecule has 0 aliphatic heterocycles. The highest BCUT2D eigenvalue weighted by Crippen LogP contribution is 2.32. The first-order valence-electron chi connectivity index (χ1n) is 6.75. The van der Waals surface area contributed by atoms with Crippen molar-refractivity contribution in [1.29, 1.82) is 0 Å². The van der Waals surface area contributed by atoms with Crippen LogP contribution in [-0.2, 0) is 9.53 Å². The summed E-state index contributed by atoms with van der Waals surface area (Å²) in [7, 11) is 0. The van der Waals surface area contributed by atoms with Crippen molar-refractivity contribution in [2.45, 2.75) is 46.6 Å². The zero-order chi connectivity index (χ0) is 15.4. The number of halogens is 1. The molecule has 0 bridgehead atoms. The molecule has 1 rings (SSSR count). The minimum atomic E-state index is -0.465. The molecule has 0 amide bonds. The molecule has 0 saturated carbocycles. The largest absolute Gasteiger partial charge is 0.460 e. The molecule has 0 heterocycles. The highest BCUT2D eigenvalue weighted by Gasteiger charge is 2.29. The van der Waals surface area contributed by atoms with Crippen molar-refractivity contribution in [1.82, 2.24) is 0 Å². The summed E-state index contributed by atoms with van der Waals surface area (Å²) in [5.74, 6) is -0.236. The number of rotatable bonds is 5. The van der Waals surface area contributed by atoms with Gasteiger partial charge in [-0.3, -0.25) is 4.79 Å². The van der Waals surface area contributed by atoms with Gasteiger partial charge >= 0.3 is 5.97 Å². The average molecular weight is 339 g/mol. The topological polar surface area (TPSA) is 26.3 Å². The van der Waals surface area contributed by atoms with Crippen LogP contribution >= 0.6 is 15.9 Å². The van der Waals surface area contributed by atoms with Crippen molar-refractivity contribution >= 4 is 28.0 Å². The Morgan fingerprint density at radius 1 is 1.25 bits per heavy atom. The molecule has 0 saturated heterocycles. The SMILES string of the molecule is CC(=O)OC(C)(C)CC(C)(C)/C=C/c1ccccc1Br. The lowest BCUT2D eigenvalue weighted by Crippen LogP contribution is -2.32. The van der Waals surface area contributed by atoms with Crippen molar-refractivity contribution in [3.63, 3.8) is 0 Å². The molecule has 110 valence electrons. The number of ether oxygens (including phenoxy) is 1. The average Bonchev–Trinajstić information content (AvgIpc) is 2.24. The van der Waals surface area contributed by atoms with Gasteiger partial charge in [-0.2, -0.15) is 0 Å². The molecule has 0 N–H and O–H groups in total. The molecule has 20 heavy (non-hydrogen) atoms. The van der Waals surface area contributed by atoms with Gasteiger partial charge in [0, 0.05) is 11.4 Å². The second-order valence-electron chi connectivity index (χ2n) is 6.37. The van der Waals surface area contributed by atoms with Crippen LogP contribution in [-0.4, -0.2) is 11.6 Å². The van der Waals surface area contributed by atoms with Crippen LogP contribution in [0.1, 0.15) is 46.6 Å². The number of esters is 1. The lowest BCUT2D eigenvalue weighted by atomic mass is 9.81. The Bertz CT molecular complexity index is 501. The number of carbonyl (C=O) groups is 1. The second-order valence-corrected chi connectivity index (χ2v) is 7.23. The number of allylic oxidation sites excluding steroid dienone is 1. The maximum atomic E-state index is 11.1. The van der Waals surface area contributed by atoms with Gasteiger partial charge in [0.2, 0.25) is 0 Å². The van der Waals surface area contributed by atoms with Gasteiger partial charge in [0.15, 0.2) is 0 Å². The first-order chi connectivity index (χ1) is 9.11. The molecule has 0 spiro atoms. The molecule has 0 aliphatic carbocycles. The van der Waals surface area contributed by atoms with Gasteiger partial charge in [0.25, 0.3) is 0 Å². The maximum Gasteiger partial charge on any atom is 0.303 e. The van der Waals surface area contributed by atoms with Crippen molar-refractivity contribution in [2.75, 3.05) is 0 Å². The Kier molecular flexibility index (Phi) is 5.58. The van der Waals surface area contributed by atoms with E-state index in [1.165, 1.54) is 6.92 Å². The van der Waals surface area contributed by atoms with E-state index in [1.54, 1.807) is 0 Å². The van der Waals surface area contributed by atoms with Crippen LogP contribution < -0.4 is 0 Å². The molecular weight excluding hydrogens is 316 g/mol. The summed E-state index contributed by atoms with van der Waals surface area (Å²) in [4.78, 5) is 11.1. The van der Waals surface area contributed by atoms with E-state index in [1.807, 2.05) is 32.0 Å². The molecule has 3 heteroatoms. The monoisotopic (exact) mass is 338 g/mol. The molecule has 1 aromatic carbocycles. The normalized spacial score (nSPS) is 12.7. The highest BCUT2D eigenvalue weighted by molar-refractivity contribution is 9.10. The second kappa shape index (κ2) is 6.57.